The number of esters is 1. The number of carbonyl (C=O) groups excluding carboxylic acids is 2. The van der Waals surface area contributed by atoms with Gasteiger partial charge < -0.3 is 14.1 Å². The van der Waals surface area contributed by atoms with Crippen molar-refractivity contribution in [1.29, 1.82) is 0 Å². The minimum atomic E-state index is -0.171. The fraction of sp³-hybridized carbons (Fsp3) is 0.375. The topological polar surface area (TPSA) is 77.6 Å². The third-order valence-corrected chi connectivity index (χ3v) is 5.68. The minimum Gasteiger partial charge on any atom is -0.466 e. The van der Waals surface area contributed by atoms with Gasteiger partial charge in [-0.25, -0.2) is 4.68 Å². The van der Waals surface area contributed by atoms with Gasteiger partial charge in [0.2, 0.25) is 0 Å². The largest absolute Gasteiger partial charge is 0.466 e. The summed E-state index contributed by atoms with van der Waals surface area (Å²) in [5.41, 5.74) is 4.12. The number of hydrogen-bond acceptors (Lipinski definition) is 5. The molecule has 1 aromatic carbocycles. The van der Waals surface area contributed by atoms with Crippen molar-refractivity contribution >= 4 is 11.9 Å². The van der Waals surface area contributed by atoms with Gasteiger partial charge in [-0.15, -0.1) is 0 Å². The molecule has 0 N–H and O–H groups in total. The van der Waals surface area contributed by atoms with Gasteiger partial charge in [-0.05, 0) is 57.4 Å². The Labute approximate surface area is 181 Å². The standard InChI is InChI=1S/C24H27N3O4/c1-4-30-24(29)18-9-11-26(12-10-18)23(28)21-15-19(22-6-5-13-31-22)25-27(21)20-8-7-16(2)14-17(20)3/h5-8,13-15,18H,4,9-12H2,1-3H3. The predicted molar refractivity (Wildman–Crippen MR) is 116 cm³/mol. The number of furan rings is 1. The molecule has 1 amide bonds. The molecule has 1 aliphatic heterocycles. The first-order valence-electron chi connectivity index (χ1n) is 10.7. The molecule has 0 radical (unpaired) electrons. The highest BCUT2D eigenvalue weighted by molar-refractivity contribution is 5.94. The molecule has 4 rings (SSSR count). The van der Waals surface area contributed by atoms with Gasteiger partial charge in [-0.1, -0.05) is 17.7 Å². The maximum absolute atomic E-state index is 13.5. The summed E-state index contributed by atoms with van der Waals surface area (Å²) in [6.45, 7) is 7.25. The normalized spacial score (nSPS) is 14.6. The number of likely N-dealkylation sites (tertiary alicyclic amines) is 1. The Morgan fingerprint density at radius 2 is 1.94 bits per heavy atom. The first kappa shape index (κ1) is 20.9. The summed E-state index contributed by atoms with van der Waals surface area (Å²) in [6, 6.07) is 11.5. The molecule has 0 spiro atoms. The van der Waals surface area contributed by atoms with Gasteiger partial charge in [0.25, 0.3) is 5.91 Å². The fourth-order valence-electron chi connectivity index (χ4n) is 4.05. The van der Waals surface area contributed by atoms with Crippen LogP contribution >= 0.6 is 0 Å². The van der Waals surface area contributed by atoms with Crippen LogP contribution in [0.5, 0.6) is 0 Å². The van der Waals surface area contributed by atoms with Crippen LogP contribution in [0.1, 0.15) is 41.4 Å². The summed E-state index contributed by atoms with van der Waals surface area (Å²) in [5, 5.41) is 4.70. The Balaban J connectivity index is 1.64. The Bertz CT molecular complexity index is 1080. The number of amides is 1. The van der Waals surface area contributed by atoms with Crippen molar-refractivity contribution in [3.05, 3.63) is 59.5 Å². The van der Waals surface area contributed by atoms with Gasteiger partial charge in [0.05, 0.1) is 24.5 Å². The summed E-state index contributed by atoms with van der Waals surface area (Å²) in [5.74, 6) is 0.188. The van der Waals surface area contributed by atoms with E-state index < -0.39 is 0 Å². The molecule has 3 aromatic rings. The SMILES string of the molecule is CCOC(=O)C1CCN(C(=O)c2cc(-c3ccco3)nn2-c2ccc(C)cc2C)CC1. The highest BCUT2D eigenvalue weighted by Crippen LogP contribution is 2.27. The van der Waals surface area contributed by atoms with Crippen molar-refractivity contribution in [2.24, 2.45) is 5.92 Å². The van der Waals surface area contributed by atoms with E-state index in [1.54, 1.807) is 34.9 Å². The van der Waals surface area contributed by atoms with Crippen molar-refractivity contribution < 1.29 is 18.7 Å². The second-order valence-electron chi connectivity index (χ2n) is 7.91. The summed E-state index contributed by atoms with van der Waals surface area (Å²) in [7, 11) is 0. The number of aryl methyl sites for hydroxylation is 2. The molecule has 0 bridgehead atoms. The van der Waals surface area contributed by atoms with Crippen molar-refractivity contribution in [3.8, 4) is 17.1 Å². The third-order valence-electron chi connectivity index (χ3n) is 5.68. The number of carbonyl (C=O) groups is 2. The zero-order chi connectivity index (χ0) is 22.0. The van der Waals surface area contributed by atoms with E-state index in [2.05, 4.69) is 6.07 Å². The monoisotopic (exact) mass is 421 g/mol. The lowest BCUT2D eigenvalue weighted by Crippen LogP contribution is -2.41. The second kappa shape index (κ2) is 8.79. The van der Waals surface area contributed by atoms with Crippen molar-refractivity contribution in [1.82, 2.24) is 14.7 Å². The van der Waals surface area contributed by atoms with Crippen LogP contribution in [0.15, 0.2) is 47.1 Å². The summed E-state index contributed by atoms with van der Waals surface area (Å²) in [4.78, 5) is 27.3. The third kappa shape index (κ3) is 4.26. The number of nitrogens with zero attached hydrogens (tertiary/aromatic N) is 3. The Hall–Kier alpha value is -3.35. The van der Waals surface area contributed by atoms with E-state index in [0.29, 0.717) is 49.7 Å². The van der Waals surface area contributed by atoms with Crippen LogP contribution in [-0.4, -0.2) is 46.3 Å². The zero-order valence-corrected chi connectivity index (χ0v) is 18.1. The molecular formula is C24H27N3O4. The second-order valence-corrected chi connectivity index (χ2v) is 7.91. The molecular weight excluding hydrogens is 394 g/mol. The van der Waals surface area contributed by atoms with Crippen molar-refractivity contribution in [2.45, 2.75) is 33.6 Å². The summed E-state index contributed by atoms with van der Waals surface area (Å²) in [6.07, 6.45) is 2.80. The molecule has 0 aliphatic carbocycles. The number of ether oxygens (including phenoxy) is 1. The van der Waals surface area contributed by atoms with Gasteiger partial charge >= 0.3 is 5.97 Å². The van der Waals surface area contributed by atoms with Crippen LogP contribution in [0.25, 0.3) is 17.1 Å². The highest BCUT2D eigenvalue weighted by Gasteiger charge is 2.31. The molecule has 0 atom stereocenters. The molecule has 7 heteroatoms. The lowest BCUT2D eigenvalue weighted by molar-refractivity contribution is -0.149. The van der Waals surface area contributed by atoms with E-state index in [9.17, 15) is 9.59 Å². The van der Waals surface area contributed by atoms with Gasteiger partial charge in [0, 0.05) is 19.2 Å². The number of rotatable bonds is 5. The average Bonchev–Trinajstić information content (AvgIpc) is 3.44. The van der Waals surface area contributed by atoms with Crippen LogP contribution in [0, 0.1) is 19.8 Å². The summed E-state index contributed by atoms with van der Waals surface area (Å²) >= 11 is 0. The molecule has 31 heavy (non-hydrogen) atoms. The maximum atomic E-state index is 13.5. The van der Waals surface area contributed by atoms with Gasteiger partial charge in [-0.3, -0.25) is 9.59 Å². The summed E-state index contributed by atoms with van der Waals surface area (Å²) < 4.78 is 12.3. The Kier molecular flexibility index (Phi) is 5.93. The van der Waals surface area contributed by atoms with Crippen LogP contribution in [0.3, 0.4) is 0 Å². The van der Waals surface area contributed by atoms with Gasteiger partial charge in [-0.2, -0.15) is 5.10 Å². The molecule has 2 aromatic heterocycles. The van der Waals surface area contributed by atoms with E-state index in [4.69, 9.17) is 14.3 Å². The fourth-order valence-corrected chi connectivity index (χ4v) is 4.05. The molecule has 1 fully saturated rings. The number of piperidine rings is 1. The Morgan fingerprint density at radius 1 is 1.16 bits per heavy atom. The lowest BCUT2D eigenvalue weighted by atomic mass is 9.97. The first-order valence-corrected chi connectivity index (χ1v) is 10.7. The zero-order valence-electron chi connectivity index (χ0n) is 18.1. The smallest absolute Gasteiger partial charge is 0.309 e. The Morgan fingerprint density at radius 3 is 2.58 bits per heavy atom. The molecule has 3 heterocycles. The average molecular weight is 421 g/mol. The maximum Gasteiger partial charge on any atom is 0.309 e. The number of aromatic nitrogens is 2. The quantitative estimate of drug-likeness (QED) is 0.578. The molecule has 7 nitrogen and oxygen atoms in total. The van der Waals surface area contributed by atoms with Crippen LogP contribution in [0.2, 0.25) is 0 Å². The predicted octanol–water partition coefficient (Wildman–Crippen LogP) is 4.16. The molecule has 0 unspecified atom stereocenters. The number of hydrogen-bond donors (Lipinski definition) is 0. The van der Waals surface area contributed by atoms with E-state index in [0.717, 1.165) is 16.8 Å². The minimum absolute atomic E-state index is 0.104. The van der Waals surface area contributed by atoms with Gasteiger partial charge in [0.15, 0.2) is 5.76 Å². The van der Waals surface area contributed by atoms with E-state index in [-0.39, 0.29) is 17.8 Å². The van der Waals surface area contributed by atoms with Crippen molar-refractivity contribution in [3.63, 3.8) is 0 Å². The number of benzene rings is 1. The molecule has 1 saturated heterocycles. The first-order chi connectivity index (χ1) is 15.0. The van der Waals surface area contributed by atoms with Gasteiger partial charge in [0.1, 0.15) is 11.4 Å². The molecule has 162 valence electrons. The van der Waals surface area contributed by atoms with E-state index >= 15 is 0 Å². The van der Waals surface area contributed by atoms with Crippen molar-refractivity contribution in [2.75, 3.05) is 19.7 Å². The van der Waals surface area contributed by atoms with E-state index in [1.165, 1.54) is 0 Å². The van der Waals surface area contributed by atoms with E-state index in [1.807, 2.05) is 32.0 Å². The highest BCUT2D eigenvalue weighted by atomic mass is 16.5. The molecule has 1 aliphatic rings. The lowest BCUT2D eigenvalue weighted by Gasteiger charge is -2.31. The van der Waals surface area contributed by atoms with Crippen LogP contribution < -0.4 is 0 Å². The van der Waals surface area contributed by atoms with Crippen LogP contribution in [-0.2, 0) is 9.53 Å². The molecule has 0 saturated carbocycles. The van der Waals surface area contributed by atoms with Crippen LogP contribution in [0.4, 0.5) is 0 Å².